The Kier molecular flexibility index (Phi) is 5.18. The molecule has 0 amide bonds. The summed E-state index contributed by atoms with van der Waals surface area (Å²) in [7, 11) is 0. The number of aromatic nitrogens is 4. The van der Waals surface area contributed by atoms with Crippen LogP contribution < -0.4 is 11.5 Å². The number of carboxylic acid groups (broad SMARTS) is 1. The van der Waals surface area contributed by atoms with Crippen molar-refractivity contribution in [1.82, 2.24) is 19.5 Å². The van der Waals surface area contributed by atoms with Crippen molar-refractivity contribution in [1.29, 1.82) is 0 Å². The minimum absolute atomic E-state index is 0.143. The third-order valence-corrected chi connectivity index (χ3v) is 4.09. The van der Waals surface area contributed by atoms with Gasteiger partial charge in [-0.3, -0.25) is 14.2 Å². The molecular weight excluding hydrogens is 364 g/mol. The van der Waals surface area contributed by atoms with Gasteiger partial charge >= 0.3 is 11.9 Å². The molecule has 146 valence electrons. The molecule has 1 saturated heterocycles. The summed E-state index contributed by atoms with van der Waals surface area (Å²) >= 11 is 0. The van der Waals surface area contributed by atoms with Crippen LogP contribution in [0.2, 0.25) is 0 Å². The number of esters is 1. The van der Waals surface area contributed by atoms with E-state index >= 15 is 0 Å². The zero-order chi connectivity index (χ0) is 19.7. The Morgan fingerprint density at radius 1 is 1.30 bits per heavy atom. The van der Waals surface area contributed by atoms with Crippen LogP contribution >= 0.6 is 0 Å². The second-order valence-electron chi connectivity index (χ2n) is 5.96. The first-order chi connectivity index (χ1) is 12.8. The number of imidazole rings is 1. The second-order valence-corrected chi connectivity index (χ2v) is 5.96. The number of fused-ring (bicyclic) bond motifs is 1. The number of aliphatic carboxylic acids is 1. The van der Waals surface area contributed by atoms with Gasteiger partial charge in [0.15, 0.2) is 17.7 Å². The molecule has 0 unspecified atom stereocenters. The lowest BCUT2D eigenvalue weighted by atomic mass is 10.1. The average Bonchev–Trinajstić information content (AvgIpc) is 3.16. The number of anilines is 1. The number of hydrogen-bond acceptors (Lipinski definition) is 11. The average molecular weight is 382 g/mol. The molecule has 3 heterocycles. The maximum absolute atomic E-state index is 11.7. The molecule has 7 N–H and O–H groups in total. The summed E-state index contributed by atoms with van der Waals surface area (Å²) in [5, 5.41) is 29.1. The van der Waals surface area contributed by atoms with Crippen LogP contribution in [0.3, 0.4) is 0 Å². The Hall–Kier alpha value is -2.87. The fourth-order valence-electron chi connectivity index (χ4n) is 2.70. The molecule has 0 bridgehead atoms. The lowest BCUT2D eigenvalue weighted by Gasteiger charge is -2.16. The normalized spacial score (nSPS) is 26.2. The summed E-state index contributed by atoms with van der Waals surface area (Å²) in [6.45, 7) is -0.426. The summed E-state index contributed by atoms with van der Waals surface area (Å²) in [6, 6.07) is -1.35. The molecule has 27 heavy (non-hydrogen) atoms. The Morgan fingerprint density at radius 3 is 2.74 bits per heavy atom. The van der Waals surface area contributed by atoms with Crippen LogP contribution in [-0.4, -0.2) is 77.7 Å². The molecule has 5 atom stereocenters. The van der Waals surface area contributed by atoms with Crippen molar-refractivity contribution in [3.63, 3.8) is 0 Å². The third-order valence-electron chi connectivity index (χ3n) is 4.09. The maximum Gasteiger partial charge on any atom is 0.323 e. The van der Waals surface area contributed by atoms with E-state index in [-0.39, 0.29) is 5.82 Å². The van der Waals surface area contributed by atoms with Gasteiger partial charge in [-0.15, -0.1) is 0 Å². The molecule has 13 nitrogen and oxygen atoms in total. The zero-order valence-corrected chi connectivity index (χ0v) is 13.9. The van der Waals surface area contributed by atoms with Crippen LogP contribution in [0.15, 0.2) is 12.7 Å². The van der Waals surface area contributed by atoms with E-state index < -0.39 is 55.5 Å². The highest BCUT2D eigenvalue weighted by Crippen LogP contribution is 2.32. The van der Waals surface area contributed by atoms with Gasteiger partial charge < -0.3 is 36.3 Å². The highest BCUT2D eigenvalue weighted by atomic mass is 16.6. The van der Waals surface area contributed by atoms with Crippen LogP contribution in [-0.2, 0) is 19.1 Å². The summed E-state index contributed by atoms with van der Waals surface area (Å²) in [5.41, 5.74) is 11.7. The largest absolute Gasteiger partial charge is 0.481 e. The summed E-state index contributed by atoms with van der Waals surface area (Å²) in [4.78, 5) is 34.2. The molecular formula is C14H18N6O7. The topological polar surface area (TPSA) is 209 Å². The van der Waals surface area contributed by atoms with Gasteiger partial charge in [-0.1, -0.05) is 0 Å². The molecule has 0 radical (unpaired) electrons. The number of aliphatic hydroxyl groups excluding tert-OH is 2. The van der Waals surface area contributed by atoms with Crippen molar-refractivity contribution in [3.8, 4) is 0 Å². The smallest absolute Gasteiger partial charge is 0.323 e. The Balaban J connectivity index is 1.69. The minimum Gasteiger partial charge on any atom is -0.481 e. The minimum atomic E-state index is -1.38. The van der Waals surface area contributed by atoms with Gasteiger partial charge in [0.25, 0.3) is 0 Å². The standard InChI is InChI=1S/C14H18N6O7/c15-5(1-7(21)22)14(25)26-2-6-9(23)10(24)13(27-6)20-4-19-8-11(16)17-3-18-12(8)20/h3-6,9-10,13,23-24H,1-2,15H2,(H,21,22)(H2,16,17,18)/t5-,6-,9+,10-,13-/m1/s1. The fourth-order valence-corrected chi connectivity index (χ4v) is 2.70. The lowest BCUT2D eigenvalue weighted by molar-refractivity contribution is -0.154. The highest BCUT2D eigenvalue weighted by Gasteiger charge is 2.45. The van der Waals surface area contributed by atoms with E-state index in [1.165, 1.54) is 17.2 Å². The van der Waals surface area contributed by atoms with Crippen molar-refractivity contribution in [2.24, 2.45) is 5.73 Å². The lowest BCUT2D eigenvalue weighted by Crippen LogP contribution is -2.38. The number of carboxylic acids is 1. The first-order valence-electron chi connectivity index (χ1n) is 7.88. The number of ether oxygens (including phenoxy) is 2. The first-order valence-corrected chi connectivity index (χ1v) is 7.88. The van der Waals surface area contributed by atoms with Gasteiger partial charge in [0.1, 0.15) is 42.8 Å². The van der Waals surface area contributed by atoms with Crippen LogP contribution in [0.4, 0.5) is 5.82 Å². The van der Waals surface area contributed by atoms with Crippen molar-refractivity contribution in [2.75, 3.05) is 12.3 Å². The van der Waals surface area contributed by atoms with E-state index in [2.05, 4.69) is 15.0 Å². The highest BCUT2D eigenvalue weighted by molar-refractivity contribution is 5.82. The van der Waals surface area contributed by atoms with Crippen LogP contribution in [0.25, 0.3) is 11.2 Å². The maximum atomic E-state index is 11.7. The van der Waals surface area contributed by atoms with E-state index in [4.69, 9.17) is 26.0 Å². The Bertz CT molecular complexity index is 858. The van der Waals surface area contributed by atoms with Gasteiger partial charge in [-0.25, -0.2) is 15.0 Å². The predicted octanol–water partition coefficient (Wildman–Crippen LogP) is -2.63. The van der Waals surface area contributed by atoms with Gasteiger partial charge in [0.2, 0.25) is 0 Å². The summed E-state index contributed by atoms with van der Waals surface area (Å²) in [6.07, 6.45) is -2.92. The van der Waals surface area contributed by atoms with Gasteiger partial charge in [0, 0.05) is 0 Å². The molecule has 1 aliphatic rings. The number of rotatable bonds is 6. The van der Waals surface area contributed by atoms with Crippen LogP contribution in [0, 0.1) is 0 Å². The molecule has 1 aliphatic heterocycles. The number of carbonyl (C=O) groups excluding carboxylic acids is 1. The summed E-state index contributed by atoms with van der Waals surface area (Å²) < 4.78 is 11.8. The van der Waals surface area contributed by atoms with E-state index in [9.17, 15) is 19.8 Å². The molecule has 2 aromatic rings. The molecule has 0 saturated carbocycles. The zero-order valence-electron chi connectivity index (χ0n) is 13.9. The monoisotopic (exact) mass is 382 g/mol. The van der Waals surface area contributed by atoms with Crippen LogP contribution in [0.5, 0.6) is 0 Å². The first kappa shape index (κ1) is 18.9. The van der Waals surface area contributed by atoms with E-state index in [0.717, 1.165) is 0 Å². The summed E-state index contributed by atoms with van der Waals surface area (Å²) in [5.74, 6) is -2.07. The van der Waals surface area contributed by atoms with Crippen molar-refractivity contribution in [2.45, 2.75) is 37.0 Å². The number of aliphatic hydroxyl groups is 2. The second kappa shape index (κ2) is 7.40. The van der Waals surface area contributed by atoms with E-state index in [1.54, 1.807) is 0 Å². The third kappa shape index (κ3) is 3.66. The van der Waals surface area contributed by atoms with Gasteiger partial charge in [-0.2, -0.15) is 0 Å². The number of carbonyl (C=O) groups is 2. The molecule has 1 fully saturated rings. The van der Waals surface area contributed by atoms with Crippen molar-refractivity contribution >= 4 is 28.9 Å². The molecule has 3 rings (SSSR count). The Labute approximate surface area is 151 Å². The Morgan fingerprint density at radius 2 is 2.04 bits per heavy atom. The number of nitrogens with zero attached hydrogens (tertiary/aromatic N) is 4. The van der Waals surface area contributed by atoms with Gasteiger partial charge in [-0.05, 0) is 0 Å². The number of nitrogen functional groups attached to an aromatic ring is 1. The van der Waals surface area contributed by atoms with Crippen molar-refractivity contribution < 1.29 is 34.4 Å². The fraction of sp³-hybridized carbons (Fsp3) is 0.500. The molecule has 0 aliphatic carbocycles. The number of hydrogen-bond donors (Lipinski definition) is 5. The number of nitrogens with two attached hydrogens (primary N) is 2. The van der Waals surface area contributed by atoms with Crippen molar-refractivity contribution in [3.05, 3.63) is 12.7 Å². The van der Waals surface area contributed by atoms with Crippen LogP contribution in [0.1, 0.15) is 12.6 Å². The molecule has 2 aromatic heterocycles. The molecule has 13 heteroatoms. The van der Waals surface area contributed by atoms with E-state index in [0.29, 0.717) is 11.2 Å². The molecule has 0 aromatic carbocycles. The van der Waals surface area contributed by atoms with E-state index in [1.807, 2.05) is 0 Å². The van der Waals surface area contributed by atoms with Gasteiger partial charge in [0.05, 0.1) is 12.7 Å². The predicted molar refractivity (Wildman–Crippen MR) is 86.8 cm³/mol. The molecule has 0 spiro atoms. The quantitative estimate of drug-likeness (QED) is 0.325. The SMILES string of the molecule is Nc1ncnc2c1ncn2[C@@H]1O[C@H](COC(=O)[C@H](N)CC(=O)O)[C@H](O)[C@H]1O.